The lowest BCUT2D eigenvalue weighted by atomic mass is 9.98. The van der Waals surface area contributed by atoms with Gasteiger partial charge in [-0.25, -0.2) is 4.79 Å². The van der Waals surface area contributed by atoms with Crippen LogP contribution in [-0.4, -0.2) is 155 Å². The summed E-state index contributed by atoms with van der Waals surface area (Å²) in [5.41, 5.74) is 28.5. The Balaban J connectivity index is 2.39. The van der Waals surface area contributed by atoms with Gasteiger partial charge in [0, 0.05) is 26.1 Å². The first-order chi connectivity index (χ1) is 35.1. The molecule has 0 bridgehead atoms. The number of aliphatic carboxylic acids is 1. The molecule has 8 atom stereocenters. The summed E-state index contributed by atoms with van der Waals surface area (Å²) in [6, 6.07) is -3.58. The molecule has 0 spiro atoms. The van der Waals surface area contributed by atoms with Gasteiger partial charge in [-0.2, -0.15) is 0 Å². The largest absolute Gasteiger partial charge is 0.508 e. The number of guanidine groups is 2. The van der Waals surface area contributed by atoms with E-state index in [9.17, 15) is 53.4 Å². The van der Waals surface area contributed by atoms with Crippen LogP contribution in [0.4, 0.5) is 0 Å². The molecule has 0 saturated carbocycles. The molecule has 1 heterocycles. The summed E-state index contributed by atoms with van der Waals surface area (Å²) in [6.07, 6.45) is 1.41. The fourth-order valence-corrected chi connectivity index (χ4v) is 8.08. The number of rotatable bonds is 31. The van der Waals surface area contributed by atoms with Gasteiger partial charge in [0.15, 0.2) is 11.9 Å². The SMILES string of the molecule is CC(C)C[C@H](NC(=O)CNC(=O)[C@@H](NC(=O)[C@@H](NC(=O)[C@H](CCCN=C(N)N)NC(=O)[C@H](Cc1ccc(O)cc1)NC(=O)[C@@H]1CCCN1C(=O)[C@@H](NC(=O)[C@@H](N)CCCN=C(N)N)C(C)C)C(C)C)C(C)C)C(=O)O. The summed E-state index contributed by atoms with van der Waals surface area (Å²) in [6.45, 7) is 13.6. The Morgan fingerprint density at radius 1 is 0.640 bits per heavy atom. The standard InChI is InChI=1S/C49H83N15O11/c1-25(2)22-34(47(74)75)58-36(66)24-57-44(71)37(26(3)4)62-45(72)38(27(5)6)61-41(68)32(13-10-20-56-49(53)54)59-42(69)33(23-29-15-17-30(65)18-16-29)60-43(70)35-14-11-21-64(35)46(73)39(28(7)8)63-40(67)31(50)12-9-19-55-48(51)52/h15-18,25-28,31-35,37-39,65H,9-14,19-24,50H2,1-8H3,(H,57,71)(H,58,66)(H,59,69)(H,60,70)(H,61,68)(H,62,72)(H,63,67)(H,74,75)(H4,51,52,55)(H4,53,54,56)/t31-,32-,33-,34-,35-,37-,38-,39-/m0/s1. The fraction of sp³-hybridized carbons (Fsp3) is 0.653. The maximum atomic E-state index is 14.5. The van der Waals surface area contributed by atoms with Gasteiger partial charge in [-0.15, -0.1) is 0 Å². The Morgan fingerprint density at radius 3 is 1.69 bits per heavy atom. The van der Waals surface area contributed by atoms with Crippen molar-refractivity contribution >= 4 is 65.1 Å². The van der Waals surface area contributed by atoms with Gasteiger partial charge in [-0.05, 0) is 86.3 Å². The molecule has 1 aliphatic heterocycles. The second-order valence-corrected chi connectivity index (χ2v) is 20.2. The number of hydrogen-bond donors (Lipinski definition) is 14. The highest BCUT2D eigenvalue weighted by molar-refractivity contribution is 5.98. The van der Waals surface area contributed by atoms with Gasteiger partial charge in [0.2, 0.25) is 47.3 Å². The Labute approximate surface area is 438 Å². The third-order valence-corrected chi connectivity index (χ3v) is 12.2. The zero-order valence-corrected chi connectivity index (χ0v) is 44.5. The maximum Gasteiger partial charge on any atom is 0.326 e. The van der Waals surface area contributed by atoms with Crippen LogP contribution in [0.1, 0.15) is 106 Å². The van der Waals surface area contributed by atoms with Gasteiger partial charge < -0.3 is 81.0 Å². The predicted octanol–water partition coefficient (Wildman–Crippen LogP) is -2.52. The molecule has 2 rings (SSSR count). The van der Waals surface area contributed by atoms with E-state index in [4.69, 9.17) is 28.7 Å². The van der Waals surface area contributed by atoms with Crippen molar-refractivity contribution in [2.24, 2.45) is 62.3 Å². The summed E-state index contributed by atoms with van der Waals surface area (Å²) in [4.78, 5) is 131. The predicted molar refractivity (Wildman–Crippen MR) is 281 cm³/mol. The minimum atomic E-state index is -1.37. The number of nitrogens with one attached hydrogen (secondary N) is 7. The zero-order chi connectivity index (χ0) is 56.7. The van der Waals surface area contributed by atoms with Crippen LogP contribution in [0.25, 0.3) is 0 Å². The molecule has 0 aromatic heterocycles. The second-order valence-electron chi connectivity index (χ2n) is 20.2. The molecule has 0 aliphatic carbocycles. The van der Waals surface area contributed by atoms with Gasteiger partial charge in [0.1, 0.15) is 48.0 Å². The van der Waals surface area contributed by atoms with Gasteiger partial charge in [0.05, 0.1) is 12.6 Å². The average Bonchev–Trinajstić information content (AvgIpc) is 3.83. The van der Waals surface area contributed by atoms with Crippen molar-refractivity contribution in [1.82, 2.24) is 42.1 Å². The van der Waals surface area contributed by atoms with E-state index in [2.05, 4.69) is 47.2 Å². The fourth-order valence-electron chi connectivity index (χ4n) is 8.08. The Hall–Kier alpha value is -7.25. The molecule has 1 fully saturated rings. The van der Waals surface area contributed by atoms with Crippen LogP contribution in [0, 0.1) is 23.7 Å². The van der Waals surface area contributed by atoms with Gasteiger partial charge in [-0.3, -0.25) is 48.3 Å². The number of aliphatic imine (C=N–C) groups is 2. The molecule has 0 radical (unpaired) electrons. The minimum Gasteiger partial charge on any atom is -0.508 e. The van der Waals surface area contributed by atoms with Crippen molar-refractivity contribution in [2.45, 2.75) is 155 Å². The van der Waals surface area contributed by atoms with E-state index in [0.717, 1.165) is 0 Å². The number of carboxylic acid groups (broad SMARTS) is 1. The highest BCUT2D eigenvalue weighted by Gasteiger charge is 2.41. The Morgan fingerprint density at radius 2 is 1.16 bits per heavy atom. The van der Waals surface area contributed by atoms with Gasteiger partial charge >= 0.3 is 5.97 Å². The van der Waals surface area contributed by atoms with Crippen LogP contribution >= 0.6 is 0 Å². The number of hydrogen-bond acceptors (Lipinski definition) is 13. The second kappa shape index (κ2) is 31.5. The molecule has 8 amide bonds. The van der Waals surface area contributed by atoms with E-state index in [0.29, 0.717) is 18.4 Å². The number of carbonyl (C=O) groups is 9. The number of amides is 8. The highest BCUT2D eigenvalue weighted by Crippen LogP contribution is 2.22. The molecule has 0 unspecified atom stereocenters. The van der Waals surface area contributed by atoms with Crippen LogP contribution < -0.4 is 65.9 Å². The van der Waals surface area contributed by atoms with Crippen molar-refractivity contribution in [1.29, 1.82) is 0 Å². The number of carboxylic acids is 1. The number of nitrogens with two attached hydrogens (primary N) is 5. The van der Waals surface area contributed by atoms with E-state index in [-0.39, 0.29) is 81.7 Å². The third-order valence-electron chi connectivity index (χ3n) is 12.2. The average molecular weight is 1060 g/mol. The van der Waals surface area contributed by atoms with Crippen molar-refractivity contribution < 1.29 is 53.4 Å². The number of phenols is 1. The van der Waals surface area contributed by atoms with E-state index in [1.165, 1.54) is 17.0 Å². The van der Waals surface area contributed by atoms with E-state index in [1.807, 2.05) is 0 Å². The number of benzene rings is 1. The molecular weight excluding hydrogens is 975 g/mol. The van der Waals surface area contributed by atoms with Crippen LogP contribution in [0.3, 0.4) is 0 Å². The van der Waals surface area contributed by atoms with E-state index < -0.39 is 126 Å². The number of carbonyl (C=O) groups excluding carboxylic acids is 8. The quantitative estimate of drug-likeness (QED) is 0.0207. The summed E-state index contributed by atoms with van der Waals surface area (Å²) in [5, 5.41) is 37.9. The summed E-state index contributed by atoms with van der Waals surface area (Å²) >= 11 is 0. The normalized spacial score (nSPS) is 16.1. The van der Waals surface area contributed by atoms with Crippen LogP contribution in [-0.2, 0) is 49.6 Å². The minimum absolute atomic E-state index is 0.0396. The maximum absolute atomic E-state index is 14.5. The van der Waals surface area contributed by atoms with Crippen molar-refractivity contribution in [3.8, 4) is 5.75 Å². The molecule has 420 valence electrons. The monoisotopic (exact) mass is 1060 g/mol. The first kappa shape index (κ1) is 63.9. The van der Waals surface area contributed by atoms with Crippen LogP contribution in [0.15, 0.2) is 34.3 Å². The van der Waals surface area contributed by atoms with Crippen LogP contribution in [0.5, 0.6) is 5.75 Å². The molecule has 26 nitrogen and oxygen atoms in total. The van der Waals surface area contributed by atoms with E-state index in [1.54, 1.807) is 67.5 Å². The van der Waals surface area contributed by atoms with E-state index >= 15 is 0 Å². The Bertz CT molecular complexity index is 2160. The molecule has 19 N–H and O–H groups in total. The number of phenolic OH excluding ortho intramolecular Hbond substituents is 1. The molecule has 26 heteroatoms. The van der Waals surface area contributed by atoms with Crippen LogP contribution in [0.2, 0.25) is 0 Å². The van der Waals surface area contributed by atoms with Crippen molar-refractivity contribution in [2.75, 3.05) is 26.2 Å². The first-order valence-corrected chi connectivity index (χ1v) is 25.4. The summed E-state index contributed by atoms with van der Waals surface area (Å²) in [5.74, 6) is -8.83. The third kappa shape index (κ3) is 22.4. The number of aromatic hydroxyl groups is 1. The summed E-state index contributed by atoms with van der Waals surface area (Å²) in [7, 11) is 0. The van der Waals surface area contributed by atoms with Gasteiger partial charge in [-0.1, -0.05) is 67.5 Å². The number of nitrogens with zero attached hydrogens (tertiary/aromatic N) is 3. The zero-order valence-electron chi connectivity index (χ0n) is 44.5. The lowest BCUT2D eigenvalue weighted by molar-refractivity contribution is -0.143. The smallest absolute Gasteiger partial charge is 0.326 e. The molecule has 1 aromatic carbocycles. The molecule has 1 aliphatic rings. The molecular formula is C49H83N15O11. The van der Waals surface area contributed by atoms with Gasteiger partial charge in [0.25, 0.3) is 0 Å². The first-order valence-electron chi connectivity index (χ1n) is 25.4. The lowest BCUT2D eigenvalue weighted by Crippen LogP contribution is -2.61. The molecule has 1 saturated heterocycles. The highest BCUT2D eigenvalue weighted by atomic mass is 16.4. The molecule has 75 heavy (non-hydrogen) atoms. The lowest BCUT2D eigenvalue weighted by Gasteiger charge is -2.32. The number of likely N-dealkylation sites (tertiary alicyclic amines) is 1. The Kier molecular flexibility index (Phi) is 26.8. The molecule has 1 aromatic rings. The van der Waals surface area contributed by atoms with Crippen molar-refractivity contribution in [3.05, 3.63) is 29.8 Å². The topological polar surface area (TPSA) is 436 Å². The summed E-state index contributed by atoms with van der Waals surface area (Å²) < 4.78 is 0. The van der Waals surface area contributed by atoms with Crippen molar-refractivity contribution in [3.63, 3.8) is 0 Å².